The number of hydrogen-bond acceptors (Lipinski definition) is 3. The molecule has 1 aromatic heterocycles. The first-order chi connectivity index (χ1) is 7.31. The number of hydrogen-bond donors (Lipinski definition) is 1. The van der Waals surface area contributed by atoms with Crippen LogP contribution in [0.3, 0.4) is 0 Å². The number of likely N-dealkylation sites (N-methyl/N-ethyl adjacent to an activating group) is 1. The zero-order valence-corrected chi connectivity index (χ0v) is 10.6. The molecule has 1 aromatic rings. The van der Waals surface area contributed by atoms with Crippen molar-refractivity contribution in [2.45, 2.75) is 38.3 Å². The number of aryl methyl sites for hydroxylation is 1. The minimum absolute atomic E-state index is 0.329. The van der Waals surface area contributed by atoms with Gasteiger partial charge in [-0.2, -0.15) is 0 Å². The lowest BCUT2D eigenvalue weighted by molar-refractivity contribution is 0.0652. The molecule has 0 aromatic carbocycles. The summed E-state index contributed by atoms with van der Waals surface area (Å²) in [6.45, 7) is 2.17. The maximum absolute atomic E-state index is 5.46. The lowest BCUT2D eigenvalue weighted by Crippen LogP contribution is -2.38. The van der Waals surface area contributed by atoms with Crippen molar-refractivity contribution in [2.24, 2.45) is 0 Å². The van der Waals surface area contributed by atoms with E-state index in [1.807, 2.05) is 18.4 Å². The molecule has 3 heteroatoms. The highest BCUT2D eigenvalue weighted by atomic mass is 32.1. The molecular weight excluding hydrogens is 206 g/mol. The number of rotatable bonds is 7. The van der Waals surface area contributed by atoms with E-state index in [0.717, 1.165) is 19.3 Å². The minimum Gasteiger partial charge on any atom is -0.380 e. The number of nitrogens with one attached hydrogen (secondary N) is 1. The normalized spacial score (nSPS) is 15.1. The van der Waals surface area contributed by atoms with Gasteiger partial charge in [-0.25, -0.2) is 0 Å². The van der Waals surface area contributed by atoms with E-state index in [0.29, 0.717) is 12.1 Å². The molecule has 0 aliphatic rings. The van der Waals surface area contributed by atoms with Crippen LogP contribution in [0, 0.1) is 0 Å². The van der Waals surface area contributed by atoms with Gasteiger partial charge < -0.3 is 10.1 Å². The predicted molar refractivity (Wildman–Crippen MR) is 66.6 cm³/mol. The van der Waals surface area contributed by atoms with Crippen molar-refractivity contribution in [3.63, 3.8) is 0 Å². The van der Waals surface area contributed by atoms with Crippen LogP contribution in [0.25, 0.3) is 0 Å². The van der Waals surface area contributed by atoms with Crippen LogP contribution in [0.5, 0.6) is 0 Å². The van der Waals surface area contributed by atoms with Crippen LogP contribution in [-0.4, -0.2) is 26.3 Å². The van der Waals surface area contributed by atoms with E-state index in [4.69, 9.17) is 4.74 Å². The third-order valence-electron chi connectivity index (χ3n) is 2.81. The van der Waals surface area contributed by atoms with Crippen LogP contribution in [0.2, 0.25) is 0 Å². The summed E-state index contributed by atoms with van der Waals surface area (Å²) in [7, 11) is 3.81. The molecule has 2 nitrogen and oxygen atoms in total. The maximum atomic E-state index is 5.46. The SMILES string of the molecule is CCC(OC)C(CCc1cccs1)NC. The molecule has 1 heterocycles. The largest absolute Gasteiger partial charge is 0.380 e. The maximum Gasteiger partial charge on any atom is 0.0721 e. The Morgan fingerprint density at radius 1 is 1.53 bits per heavy atom. The lowest BCUT2D eigenvalue weighted by atomic mass is 10.0. The molecule has 0 saturated heterocycles. The second kappa shape index (κ2) is 6.99. The quantitative estimate of drug-likeness (QED) is 0.773. The molecule has 2 unspecified atom stereocenters. The smallest absolute Gasteiger partial charge is 0.0721 e. The second-order valence-corrected chi connectivity index (χ2v) is 4.73. The molecule has 15 heavy (non-hydrogen) atoms. The molecule has 86 valence electrons. The van der Waals surface area contributed by atoms with E-state index >= 15 is 0 Å². The topological polar surface area (TPSA) is 21.3 Å². The zero-order chi connectivity index (χ0) is 11.1. The Bertz CT molecular complexity index is 244. The highest BCUT2D eigenvalue weighted by Crippen LogP contribution is 2.15. The Morgan fingerprint density at radius 3 is 2.80 bits per heavy atom. The second-order valence-electron chi connectivity index (χ2n) is 3.70. The van der Waals surface area contributed by atoms with E-state index in [1.54, 1.807) is 7.11 Å². The van der Waals surface area contributed by atoms with Crippen molar-refractivity contribution in [1.29, 1.82) is 0 Å². The van der Waals surface area contributed by atoms with Crippen LogP contribution < -0.4 is 5.32 Å². The molecule has 0 amide bonds. The Hall–Kier alpha value is -0.380. The third kappa shape index (κ3) is 3.93. The fourth-order valence-electron chi connectivity index (χ4n) is 1.88. The predicted octanol–water partition coefficient (Wildman–Crippen LogP) is 2.69. The Balaban J connectivity index is 2.39. The third-order valence-corrected chi connectivity index (χ3v) is 3.74. The van der Waals surface area contributed by atoms with Crippen LogP contribution in [-0.2, 0) is 11.2 Å². The van der Waals surface area contributed by atoms with Crippen LogP contribution >= 0.6 is 11.3 Å². The summed E-state index contributed by atoms with van der Waals surface area (Å²) in [6, 6.07) is 4.77. The lowest BCUT2D eigenvalue weighted by Gasteiger charge is -2.24. The molecule has 0 fully saturated rings. The molecule has 0 spiro atoms. The van der Waals surface area contributed by atoms with Crippen molar-refractivity contribution in [1.82, 2.24) is 5.32 Å². The van der Waals surface area contributed by atoms with E-state index in [2.05, 4.69) is 29.8 Å². The number of methoxy groups -OCH3 is 1. The van der Waals surface area contributed by atoms with Gasteiger partial charge in [0.05, 0.1) is 6.10 Å². The van der Waals surface area contributed by atoms with Crippen molar-refractivity contribution in [3.05, 3.63) is 22.4 Å². The van der Waals surface area contributed by atoms with Crippen LogP contribution in [0.15, 0.2) is 17.5 Å². The van der Waals surface area contributed by atoms with Gasteiger partial charge in [-0.1, -0.05) is 13.0 Å². The average Bonchev–Trinajstić information content (AvgIpc) is 2.77. The fraction of sp³-hybridized carbons (Fsp3) is 0.667. The van der Waals surface area contributed by atoms with Crippen LogP contribution in [0.4, 0.5) is 0 Å². The van der Waals surface area contributed by atoms with E-state index in [-0.39, 0.29) is 0 Å². The first-order valence-electron chi connectivity index (χ1n) is 5.54. The number of ether oxygens (including phenoxy) is 1. The van der Waals surface area contributed by atoms with E-state index in [9.17, 15) is 0 Å². The van der Waals surface area contributed by atoms with Crippen molar-refractivity contribution < 1.29 is 4.74 Å². The highest BCUT2D eigenvalue weighted by molar-refractivity contribution is 7.09. The first-order valence-corrected chi connectivity index (χ1v) is 6.42. The molecule has 0 aliphatic carbocycles. The minimum atomic E-state index is 0.329. The van der Waals surface area contributed by atoms with Gasteiger partial charge in [0.1, 0.15) is 0 Å². The van der Waals surface area contributed by atoms with Gasteiger partial charge in [-0.3, -0.25) is 0 Å². The van der Waals surface area contributed by atoms with Crippen molar-refractivity contribution >= 4 is 11.3 Å². The van der Waals surface area contributed by atoms with Gasteiger partial charge in [-0.05, 0) is 37.8 Å². The van der Waals surface area contributed by atoms with Crippen molar-refractivity contribution in [2.75, 3.05) is 14.2 Å². The first kappa shape index (κ1) is 12.7. The standard InChI is InChI=1S/C12H21NOS/c1-4-12(14-3)11(13-2)8-7-10-6-5-9-15-10/h5-6,9,11-13H,4,7-8H2,1-3H3. The van der Waals surface area contributed by atoms with Gasteiger partial charge >= 0.3 is 0 Å². The molecule has 1 rings (SSSR count). The molecule has 0 bridgehead atoms. The molecule has 0 aliphatic heterocycles. The summed E-state index contributed by atoms with van der Waals surface area (Å²) in [5.41, 5.74) is 0. The monoisotopic (exact) mass is 227 g/mol. The van der Waals surface area contributed by atoms with Crippen molar-refractivity contribution in [3.8, 4) is 0 Å². The summed E-state index contributed by atoms with van der Waals surface area (Å²) in [5, 5.41) is 5.48. The van der Waals surface area contributed by atoms with Gasteiger partial charge in [0.2, 0.25) is 0 Å². The van der Waals surface area contributed by atoms with Gasteiger partial charge in [0.25, 0.3) is 0 Å². The Kier molecular flexibility index (Phi) is 5.91. The highest BCUT2D eigenvalue weighted by Gasteiger charge is 2.17. The summed E-state index contributed by atoms with van der Waals surface area (Å²) < 4.78 is 5.46. The molecule has 0 radical (unpaired) electrons. The number of thiophene rings is 1. The summed E-state index contributed by atoms with van der Waals surface area (Å²) in [5.74, 6) is 0. The molecule has 0 saturated carbocycles. The summed E-state index contributed by atoms with van der Waals surface area (Å²) >= 11 is 1.83. The zero-order valence-electron chi connectivity index (χ0n) is 9.82. The molecule has 2 atom stereocenters. The Morgan fingerprint density at radius 2 is 2.33 bits per heavy atom. The van der Waals surface area contributed by atoms with Crippen LogP contribution in [0.1, 0.15) is 24.6 Å². The molecular formula is C12H21NOS. The van der Waals surface area contributed by atoms with E-state index < -0.39 is 0 Å². The van der Waals surface area contributed by atoms with Gasteiger partial charge in [0.15, 0.2) is 0 Å². The summed E-state index contributed by atoms with van der Waals surface area (Å²) in [6.07, 6.45) is 3.67. The summed E-state index contributed by atoms with van der Waals surface area (Å²) in [4.78, 5) is 1.46. The Labute approximate surface area is 96.7 Å². The van der Waals surface area contributed by atoms with E-state index in [1.165, 1.54) is 4.88 Å². The fourth-order valence-corrected chi connectivity index (χ4v) is 2.61. The van der Waals surface area contributed by atoms with Gasteiger partial charge in [-0.15, -0.1) is 11.3 Å². The van der Waals surface area contributed by atoms with Gasteiger partial charge in [0, 0.05) is 18.0 Å². The average molecular weight is 227 g/mol. The molecule has 1 N–H and O–H groups in total.